The minimum Gasteiger partial charge on any atom is -0.417 e. The van der Waals surface area contributed by atoms with Crippen LogP contribution in [0.1, 0.15) is 217 Å². The fourth-order valence-corrected chi connectivity index (χ4v) is 8.69. The Morgan fingerprint density at radius 1 is 0.362 bits per heavy atom. The molecule has 4 rings (SSSR count). The zero-order valence-electron chi connectivity index (χ0n) is 41.0. The van der Waals surface area contributed by atoms with Gasteiger partial charge in [-0.15, -0.1) is 0 Å². The molecule has 4 heteroatoms. The number of rotatable bonds is 17. The predicted molar refractivity (Wildman–Crippen MR) is 257 cm³/mol. The summed E-state index contributed by atoms with van der Waals surface area (Å²) in [6.07, 6.45) is 6.15. The molecule has 58 heavy (non-hydrogen) atoms. The van der Waals surface area contributed by atoms with Gasteiger partial charge in [0.25, 0.3) is 0 Å². The Balaban J connectivity index is 2.07. The molecule has 0 atom stereocenters. The van der Waals surface area contributed by atoms with Crippen molar-refractivity contribution in [1.29, 1.82) is 0 Å². The van der Waals surface area contributed by atoms with Crippen molar-refractivity contribution in [3.8, 4) is 11.5 Å². The third kappa shape index (κ3) is 10.1. The molecule has 0 N–H and O–H groups in total. The Hall–Kier alpha value is -2.61. The first-order valence-corrected chi connectivity index (χ1v) is 23.7. The van der Waals surface area contributed by atoms with Gasteiger partial charge in [-0.3, -0.25) is 4.52 Å². The maximum absolute atomic E-state index is 7.27. The van der Waals surface area contributed by atoms with Crippen molar-refractivity contribution in [2.45, 2.75) is 222 Å². The number of fused-ring (bicyclic) bond motifs is 2. The summed E-state index contributed by atoms with van der Waals surface area (Å²) in [6, 6.07) is 19.3. The van der Waals surface area contributed by atoms with Gasteiger partial charge in [-0.1, -0.05) is 149 Å². The molecule has 0 saturated carbocycles. The quantitative estimate of drug-likeness (QED) is 0.0994. The van der Waals surface area contributed by atoms with Gasteiger partial charge in [0, 0.05) is 11.1 Å². The standard InChI is InChI=1S/C54H83O3P/c1-22-49(10,11)38-28-36-30-44(53(18,19)26-5)46(34-40(36)42(32-38)51(14,15)24-3)55-58(57-48(7,8)9)56-47-35-41-37(31-45(47)54(20,21)27-6)29-39(50(12,13)23-2)33-43(41)52(16,17)25-4/h28-35H,22-27H2,1-21H3. The Kier molecular flexibility index (Phi) is 14.1. The highest BCUT2D eigenvalue weighted by Gasteiger charge is 2.35. The van der Waals surface area contributed by atoms with E-state index in [2.05, 4.69) is 194 Å². The first kappa shape index (κ1) is 48.1. The number of hydrogen-bond acceptors (Lipinski definition) is 3. The molecule has 0 radical (unpaired) electrons. The summed E-state index contributed by atoms with van der Waals surface area (Å²) in [5, 5.41) is 5.04. The zero-order valence-corrected chi connectivity index (χ0v) is 41.9. The summed E-state index contributed by atoms with van der Waals surface area (Å²) in [4.78, 5) is 0. The van der Waals surface area contributed by atoms with Gasteiger partial charge in [-0.05, 0) is 160 Å². The Bertz CT molecular complexity index is 1930. The molecule has 0 aliphatic heterocycles. The first-order valence-electron chi connectivity index (χ1n) is 22.6. The maximum Gasteiger partial charge on any atom is 0.463 e. The van der Waals surface area contributed by atoms with Crippen molar-refractivity contribution in [3.63, 3.8) is 0 Å². The summed E-state index contributed by atoms with van der Waals surface area (Å²) in [6.45, 7) is 48.4. The SMILES string of the molecule is CCC(C)(C)c1cc(C(C)(C)CC)c2cc(OP(Oc3cc4c(C(C)(C)CC)cc(C(C)(C)CC)cc4cc3C(C)(C)CC)OC(C)(C)C)c(C(C)(C)CC)cc2c1. The van der Waals surface area contributed by atoms with E-state index in [0.717, 1.165) is 50.0 Å². The van der Waals surface area contributed by atoms with Gasteiger partial charge < -0.3 is 9.05 Å². The highest BCUT2D eigenvalue weighted by Crippen LogP contribution is 2.53. The third-order valence-electron chi connectivity index (χ3n) is 14.6. The molecule has 0 bridgehead atoms. The molecule has 0 heterocycles. The average Bonchev–Trinajstić information content (AvgIpc) is 3.15. The van der Waals surface area contributed by atoms with Crippen molar-refractivity contribution < 1.29 is 13.6 Å². The Morgan fingerprint density at radius 3 is 0.931 bits per heavy atom. The molecule has 3 nitrogen and oxygen atoms in total. The monoisotopic (exact) mass is 811 g/mol. The van der Waals surface area contributed by atoms with Gasteiger partial charge in [-0.2, -0.15) is 0 Å². The fourth-order valence-electron chi connectivity index (χ4n) is 7.50. The van der Waals surface area contributed by atoms with Crippen LogP contribution in [0.3, 0.4) is 0 Å². The van der Waals surface area contributed by atoms with Gasteiger partial charge >= 0.3 is 8.60 Å². The molecule has 0 fully saturated rings. The van der Waals surface area contributed by atoms with E-state index >= 15 is 0 Å². The highest BCUT2D eigenvalue weighted by atomic mass is 31.2. The zero-order chi connectivity index (χ0) is 44.0. The highest BCUT2D eigenvalue weighted by molar-refractivity contribution is 7.42. The van der Waals surface area contributed by atoms with Gasteiger partial charge in [0.15, 0.2) is 0 Å². The van der Waals surface area contributed by atoms with Gasteiger partial charge in [-0.25, -0.2) is 0 Å². The van der Waals surface area contributed by atoms with E-state index in [9.17, 15) is 0 Å². The molecular weight excluding hydrogens is 728 g/mol. The van der Waals surface area contributed by atoms with E-state index in [1.165, 1.54) is 54.9 Å². The Labute approximate surface area is 357 Å². The van der Waals surface area contributed by atoms with Crippen molar-refractivity contribution in [2.24, 2.45) is 0 Å². The van der Waals surface area contributed by atoms with Crippen LogP contribution in [0.2, 0.25) is 0 Å². The van der Waals surface area contributed by atoms with Crippen LogP contribution in [-0.4, -0.2) is 5.60 Å². The first-order chi connectivity index (χ1) is 26.5. The van der Waals surface area contributed by atoms with E-state index in [0.29, 0.717) is 0 Å². The molecule has 0 aliphatic rings. The summed E-state index contributed by atoms with van der Waals surface area (Å²) in [5.74, 6) is 1.70. The molecule has 0 saturated heterocycles. The molecule has 322 valence electrons. The van der Waals surface area contributed by atoms with Crippen molar-refractivity contribution in [1.82, 2.24) is 0 Å². The molecule has 0 amide bonds. The van der Waals surface area contributed by atoms with Crippen LogP contribution in [0.4, 0.5) is 0 Å². The Morgan fingerprint density at radius 2 is 0.655 bits per heavy atom. The van der Waals surface area contributed by atoms with Crippen LogP contribution in [0.15, 0.2) is 48.5 Å². The summed E-state index contributed by atoms with van der Waals surface area (Å²) < 4.78 is 21.4. The van der Waals surface area contributed by atoms with Gasteiger partial charge in [0.05, 0.1) is 5.60 Å². The van der Waals surface area contributed by atoms with Crippen LogP contribution in [0, 0.1) is 0 Å². The normalized spacial score (nSPS) is 13.9. The van der Waals surface area contributed by atoms with E-state index < -0.39 is 14.2 Å². The minimum absolute atomic E-state index is 0.0256. The molecule has 0 aliphatic carbocycles. The fraction of sp³-hybridized carbons (Fsp3) is 0.630. The second kappa shape index (κ2) is 17.0. The molecule has 0 aromatic heterocycles. The van der Waals surface area contributed by atoms with Crippen molar-refractivity contribution in [2.75, 3.05) is 0 Å². The molecule has 0 unspecified atom stereocenters. The van der Waals surface area contributed by atoms with Crippen LogP contribution < -0.4 is 9.05 Å². The molecular formula is C54H83O3P. The van der Waals surface area contributed by atoms with E-state index in [1.54, 1.807) is 0 Å². The second-order valence-electron chi connectivity index (χ2n) is 22.2. The van der Waals surface area contributed by atoms with Gasteiger partial charge in [0.2, 0.25) is 0 Å². The average molecular weight is 811 g/mol. The smallest absolute Gasteiger partial charge is 0.417 e. The summed E-state index contributed by atoms with van der Waals surface area (Å²) >= 11 is 0. The largest absolute Gasteiger partial charge is 0.463 e. The predicted octanol–water partition coefficient (Wildman–Crippen LogP) is 17.6. The lowest BCUT2D eigenvalue weighted by molar-refractivity contribution is 0.114. The summed E-state index contributed by atoms with van der Waals surface area (Å²) in [5.41, 5.74) is 7.19. The lowest BCUT2D eigenvalue weighted by atomic mass is 9.73. The van der Waals surface area contributed by atoms with Crippen LogP contribution in [0.25, 0.3) is 21.5 Å². The topological polar surface area (TPSA) is 27.7 Å². The van der Waals surface area contributed by atoms with Crippen LogP contribution >= 0.6 is 8.60 Å². The van der Waals surface area contributed by atoms with E-state index in [-0.39, 0.29) is 32.5 Å². The van der Waals surface area contributed by atoms with Crippen LogP contribution in [-0.2, 0) is 37.0 Å². The maximum atomic E-state index is 7.27. The molecule has 0 spiro atoms. The van der Waals surface area contributed by atoms with Crippen LogP contribution in [0.5, 0.6) is 11.5 Å². The minimum atomic E-state index is -1.89. The molecule has 4 aromatic carbocycles. The lowest BCUT2D eigenvalue weighted by Gasteiger charge is -2.34. The van der Waals surface area contributed by atoms with Crippen molar-refractivity contribution in [3.05, 3.63) is 81.9 Å². The van der Waals surface area contributed by atoms with E-state index in [1.807, 2.05) is 0 Å². The van der Waals surface area contributed by atoms with Crippen molar-refractivity contribution >= 4 is 30.1 Å². The number of benzene rings is 4. The summed E-state index contributed by atoms with van der Waals surface area (Å²) in [7, 11) is -1.89. The lowest BCUT2D eigenvalue weighted by Crippen LogP contribution is -2.23. The third-order valence-corrected chi connectivity index (χ3v) is 16.0. The van der Waals surface area contributed by atoms with Gasteiger partial charge in [0.1, 0.15) is 11.5 Å². The molecule has 4 aromatic rings. The number of hydrogen-bond donors (Lipinski definition) is 0. The van der Waals surface area contributed by atoms with E-state index in [4.69, 9.17) is 13.6 Å². The second-order valence-corrected chi connectivity index (χ2v) is 23.2.